The Bertz CT molecular complexity index is 640. The van der Waals surface area contributed by atoms with E-state index in [4.69, 9.17) is 16.7 Å². The highest BCUT2D eigenvalue weighted by molar-refractivity contribution is 8.00. The number of carboxylic acid groups (broad SMARTS) is 1. The van der Waals surface area contributed by atoms with Crippen LogP contribution in [0.3, 0.4) is 0 Å². The average molecular weight is 328 g/mol. The maximum Gasteiger partial charge on any atom is 0.308 e. The smallest absolute Gasteiger partial charge is 0.308 e. The number of hydrogen-bond donors (Lipinski definition) is 1. The molecule has 0 amide bonds. The molecule has 0 bridgehead atoms. The normalized spacial score (nSPS) is 10.8. The van der Waals surface area contributed by atoms with Gasteiger partial charge in [0.05, 0.1) is 12.1 Å². The molecule has 2 aromatic rings. The molecular weight excluding hydrogens is 314 g/mol. The Hall–Kier alpha value is -1.04. The van der Waals surface area contributed by atoms with Gasteiger partial charge in [0.15, 0.2) is 4.34 Å². The Kier molecular flexibility index (Phi) is 5.07. The molecule has 0 aliphatic carbocycles. The summed E-state index contributed by atoms with van der Waals surface area (Å²) in [5.74, 6) is -0.0895. The topological polar surface area (TPSA) is 50.2 Å². The van der Waals surface area contributed by atoms with Crippen LogP contribution in [0.2, 0.25) is 5.02 Å². The first-order valence-electron chi connectivity index (χ1n) is 6.01. The van der Waals surface area contributed by atoms with Gasteiger partial charge in [-0.15, -0.1) is 11.3 Å². The van der Waals surface area contributed by atoms with E-state index >= 15 is 0 Å². The molecule has 1 aromatic carbocycles. The molecule has 0 unspecified atom stereocenters. The number of aliphatic carboxylic acids is 1. The summed E-state index contributed by atoms with van der Waals surface area (Å²) in [5.41, 5.74) is 3.00. The van der Waals surface area contributed by atoms with Crippen LogP contribution in [-0.4, -0.2) is 16.1 Å². The lowest BCUT2D eigenvalue weighted by molar-refractivity contribution is -0.136. The zero-order valence-corrected chi connectivity index (χ0v) is 13.5. The molecule has 0 saturated carbocycles. The number of aromatic nitrogens is 1. The number of carbonyl (C=O) groups is 1. The van der Waals surface area contributed by atoms with Crippen molar-refractivity contribution in [2.75, 3.05) is 0 Å². The molecule has 0 spiro atoms. The van der Waals surface area contributed by atoms with Crippen LogP contribution in [0.5, 0.6) is 0 Å². The van der Waals surface area contributed by atoms with Gasteiger partial charge in [0, 0.05) is 15.7 Å². The van der Waals surface area contributed by atoms with Gasteiger partial charge in [-0.1, -0.05) is 35.5 Å². The van der Waals surface area contributed by atoms with E-state index in [1.54, 1.807) is 11.8 Å². The van der Waals surface area contributed by atoms with E-state index in [-0.39, 0.29) is 6.42 Å². The Balaban J connectivity index is 2.05. The second-order valence-corrected chi connectivity index (χ2v) is 7.16. The fraction of sp³-hybridized carbons (Fsp3) is 0.286. The summed E-state index contributed by atoms with van der Waals surface area (Å²) in [4.78, 5) is 16.0. The second kappa shape index (κ2) is 6.61. The van der Waals surface area contributed by atoms with Gasteiger partial charge in [-0.05, 0) is 31.0 Å². The molecule has 3 nitrogen and oxygen atoms in total. The van der Waals surface area contributed by atoms with Crippen LogP contribution in [0.15, 0.2) is 22.5 Å². The minimum absolute atomic E-state index is 0.0371. The van der Waals surface area contributed by atoms with Gasteiger partial charge in [-0.2, -0.15) is 0 Å². The molecule has 0 aliphatic rings. The summed E-state index contributed by atoms with van der Waals surface area (Å²) < 4.78 is 0.885. The van der Waals surface area contributed by atoms with Gasteiger partial charge < -0.3 is 5.11 Å². The monoisotopic (exact) mass is 327 g/mol. The van der Waals surface area contributed by atoms with Crippen molar-refractivity contribution in [3.63, 3.8) is 0 Å². The van der Waals surface area contributed by atoms with Crippen LogP contribution < -0.4 is 0 Å². The number of thiazole rings is 1. The van der Waals surface area contributed by atoms with E-state index in [2.05, 4.69) is 4.98 Å². The summed E-state index contributed by atoms with van der Waals surface area (Å²) in [6, 6.07) is 5.99. The quantitative estimate of drug-likeness (QED) is 0.830. The second-order valence-electron chi connectivity index (χ2n) is 4.44. The maximum absolute atomic E-state index is 10.7. The molecule has 6 heteroatoms. The molecule has 0 atom stereocenters. The van der Waals surface area contributed by atoms with E-state index in [0.717, 1.165) is 36.8 Å². The van der Waals surface area contributed by atoms with E-state index in [9.17, 15) is 4.79 Å². The number of benzene rings is 1. The molecule has 20 heavy (non-hydrogen) atoms. The van der Waals surface area contributed by atoms with Crippen molar-refractivity contribution in [2.24, 2.45) is 0 Å². The summed E-state index contributed by atoms with van der Waals surface area (Å²) >= 11 is 9.22. The largest absolute Gasteiger partial charge is 0.481 e. The Morgan fingerprint density at radius 1 is 1.45 bits per heavy atom. The van der Waals surface area contributed by atoms with E-state index in [1.807, 2.05) is 32.0 Å². The lowest BCUT2D eigenvalue weighted by atomic mass is 10.2. The fourth-order valence-corrected chi connectivity index (χ4v) is 4.28. The van der Waals surface area contributed by atoms with Crippen LogP contribution in [-0.2, 0) is 17.0 Å². The molecular formula is C14H14ClNO2S2. The number of carboxylic acids is 1. The van der Waals surface area contributed by atoms with Crippen LogP contribution in [0.1, 0.15) is 21.7 Å². The minimum Gasteiger partial charge on any atom is -0.481 e. The van der Waals surface area contributed by atoms with Gasteiger partial charge >= 0.3 is 5.97 Å². The van der Waals surface area contributed by atoms with Crippen LogP contribution >= 0.6 is 34.7 Å². The van der Waals surface area contributed by atoms with Gasteiger partial charge in [0.25, 0.3) is 0 Å². The van der Waals surface area contributed by atoms with Gasteiger partial charge in [0.1, 0.15) is 0 Å². The number of nitrogens with zero attached hydrogens (tertiary/aromatic N) is 1. The lowest BCUT2D eigenvalue weighted by Gasteiger charge is -2.03. The maximum atomic E-state index is 10.7. The molecule has 1 aromatic heterocycles. The zero-order chi connectivity index (χ0) is 14.7. The van der Waals surface area contributed by atoms with Crippen LogP contribution in [0, 0.1) is 13.8 Å². The third kappa shape index (κ3) is 3.98. The Morgan fingerprint density at radius 2 is 2.20 bits per heavy atom. The molecule has 0 aliphatic heterocycles. The standard InChI is InChI=1S/C14H14ClNO2S2/c1-8-3-4-10(11(15)5-8)7-19-14-16-9(2)12(20-14)6-13(17)18/h3-5H,6-7H2,1-2H3,(H,17,18). The third-order valence-corrected chi connectivity index (χ3v) is 5.45. The predicted molar refractivity (Wildman–Crippen MR) is 83.9 cm³/mol. The molecule has 0 radical (unpaired) electrons. The van der Waals surface area contributed by atoms with Crippen molar-refractivity contribution in [3.8, 4) is 0 Å². The zero-order valence-electron chi connectivity index (χ0n) is 11.1. The van der Waals surface area contributed by atoms with Crippen molar-refractivity contribution in [2.45, 2.75) is 30.4 Å². The number of thioether (sulfide) groups is 1. The van der Waals surface area contributed by atoms with Crippen molar-refractivity contribution < 1.29 is 9.90 Å². The van der Waals surface area contributed by atoms with Crippen molar-refractivity contribution >= 4 is 40.7 Å². The molecule has 1 N–H and O–H groups in total. The molecule has 1 heterocycles. The van der Waals surface area contributed by atoms with E-state index < -0.39 is 5.97 Å². The summed E-state index contributed by atoms with van der Waals surface area (Å²) in [6.07, 6.45) is 0.0371. The molecule has 2 rings (SSSR count). The Morgan fingerprint density at radius 3 is 2.85 bits per heavy atom. The van der Waals surface area contributed by atoms with E-state index in [0.29, 0.717) is 0 Å². The van der Waals surface area contributed by atoms with Crippen LogP contribution in [0.25, 0.3) is 0 Å². The number of halogens is 1. The first-order valence-corrected chi connectivity index (χ1v) is 8.19. The highest BCUT2D eigenvalue weighted by Crippen LogP contribution is 2.32. The average Bonchev–Trinajstić information content (AvgIpc) is 2.68. The first kappa shape index (κ1) is 15.4. The first-order chi connectivity index (χ1) is 9.45. The number of rotatable bonds is 5. The highest BCUT2D eigenvalue weighted by Gasteiger charge is 2.12. The summed E-state index contributed by atoms with van der Waals surface area (Å²) in [5, 5.41) is 9.59. The number of hydrogen-bond acceptors (Lipinski definition) is 4. The minimum atomic E-state index is -0.824. The molecule has 106 valence electrons. The SMILES string of the molecule is Cc1ccc(CSc2nc(C)c(CC(=O)O)s2)c(Cl)c1. The van der Waals surface area contributed by atoms with Gasteiger partial charge in [0.2, 0.25) is 0 Å². The molecule has 0 fully saturated rings. The predicted octanol–water partition coefficient (Wildman–Crippen LogP) is 4.33. The molecule has 0 saturated heterocycles. The number of aryl methyl sites for hydroxylation is 2. The van der Waals surface area contributed by atoms with Crippen molar-refractivity contribution in [1.82, 2.24) is 4.98 Å². The highest BCUT2D eigenvalue weighted by atomic mass is 35.5. The van der Waals surface area contributed by atoms with Gasteiger partial charge in [-0.3, -0.25) is 4.79 Å². The summed E-state index contributed by atoms with van der Waals surface area (Å²) in [7, 11) is 0. The summed E-state index contributed by atoms with van der Waals surface area (Å²) in [6.45, 7) is 3.85. The van der Waals surface area contributed by atoms with Crippen molar-refractivity contribution in [1.29, 1.82) is 0 Å². The fourth-order valence-electron chi connectivity index (χ4n) is 1.67. The lowest BCUT2D eigenvalue weighted by Crippen LogP contribution is -1.99. The Labute approximate surface area is 131 Å². The van der Waals surface area contributed by atoms with Crippen LogP contribution in [0.4, 0.5) is 0 Å². The van der Waals surface area contributed by atoms with E-state index in [1.165, 1.54) is 11.3 Å². The van der Waals surface area contributed by atoms with Gasteiger partial charge in [-0.25, -0.2) is 4.98 Å². The van der Waals surface area contributed by atoms with Crippen molar-refractivity contribution in [3.05, 3.63) is 44.9 Å². The third-order valence-electron chi connectivity index (χ3n) is 2.74.